The predicted molar refractivity (Wildman–Crippen MR) is 40.6 cm³/mol. The molecule has 0 fully saturated rings. The maximum atomic E-state index is 10.5. The summed E-state index contributed by atoms with van der Waals surface area (Å²) in [6.45, 7) is -5.23. The molecule has 4 heteroatoms. The van der Waals surface area contributed by atoms with Crippen LogP contribution in [0.1, 0.15) is 16.0 Å². The van der Waals surface area contributed by atoms with Crippen molar-refractivity contribution in [1.82, 2.24) is 4.98 Å². The summed E-state index contributed by atoms with van der Waals surface area (Å²) < 4.78 is 38.9. The zero-order valence-electron chi connectivity index (χ0n) is 9.90. The number of ether oxygens (including phenoxy) is 2. The van der Waals surface area contributed by atoms with E-state index < -0.39 is 13.1 Å². The highest BCUT2D eigenvalue weighted by atomic mass is 16.6. The second-order valence-corrected chi connectivity index (χ2v) is 2.08. The summed E-state index contributed by atoms with van der Waals surface area (Å²) in [4.78, 5) is 14.1. The molecule has 4 nitrogen and oxygen atoms in total. The summed E-state index contributed by atoms with van der Waals surface area (Å²) in [5.74, 6) is -0.0806. The summed E-state index contributed by atoms with van der Waals surface area (Å²) >= 11 is 0. The Balaban J connectivity index is 2.47. The zero-order chi connectivity index (χ0) is 12.0. The fourth-order valence-corrected chi connectivity index (χ4v) is 0.812. The summed E-state index contributed by atoms with van der Waals surface area (Å²) in [5.41, 5.74) is 0.0561. The van der Waals surface area contributed by atoms with Gasteiger partial charge in [-0.05, 0) is 0 Å². The molecule has 0 bridgehead atoms. The molecule has 0 radical (unpaired) electrons. The summed E-state index contributed by atoms with van der Waals surface area (Å²) in [5, 5.41) is 0. The Morgan fingerprint density at radius 3 is 3.00 bits per heavy atom. The number of hydrogen-bond donors (Lipinski definition) is 0. The normalized spacial score (nSPS) is 27.3. The highest BCUT2D eigenvalue weighted by molar-refractivity contribution is 5.73. The number of aromatic nitrogens is 1. The first-order valence-corrected chi connectivity index (χ1v) is 3.19. The maximum Gasteiger partial charge on any atom is 0.179 e. The van der Waals surface area contributed by atoms with Crippen molar-refractivity contribution in [3.05, 3.63) is 18.0 Å². The molecule has 0 unspecified atom stereocenters. The van der Waals surface area contributed by atoms with Crippen LogP contribution in [-0.2, 0) is 0 Å². The molecule has 0 aliphatic carbocycles. The third-order valence-corrected chi connectivity index (χ3v) is 1.34. The topological polar surface area (TPSA) is 48.4 Å². The van der Waals surface area contributed by atoms with Crippen LogP contribution in [0.25, 0.3) is 0 Å². The van der Waals surface area contributed by atoms with Crippen LogP contribution < -0.4 is 9.47 Å². The first-order valence-electron chi connectivity index (χ1n) is 5.19. The molecule has 0 spiro atoms. The summed E-state index contributed by atoms with van der Waals surface area (Å²) in [6.07, 6.45) is 1.59. The minimum absolute atomic E-state index is 0.0364. The second kappa shape index (κ2) is 2.81. The molecule has 1 aliphatic rings. The van der Waals surface area contributed by atoms with Crippen LogP contribution >= 0.6 is 0 Å². The van der Waals surface area contributed by atoms with Gasteiger partial charge < -0.3 is 9.47 Å². The zero-order valence-corrected chi connectivity index (χ0v) is 5.90. The lowest BCUT2D eigenvalue weighted by molar-refractivity contribution is 0.111. The van der Waals surface area contributed by atoms with Gasteiger partial charge >= 0.3 is 0 Å². The molecule has 0 atom stereocenters. The molecule has 62 valence electrons. The SMILES string of the molecule is [2H]C1([2H])Oc2cnc(C=O)cc2OC1([2H])[2H]. The van der Waals surface area contributed by atoms with Crippen LogP contribution in [-0.4, -0.2) is 24.4 Å². The molecule has 1 aromatic heterocycles. The Morgan fingerprint density at radius 2 is 2.25 bits per heavy atom. The molecule has 0 saturated carbocycles. The number of carbonyl (C=O) groups excluding carboxylic acids is 1. The lowest BCUT2D eigenvalue weighted by Gasteiger charge is -2.17. The van der Waals surface area contributed by atoms with Gasteiger partial charge in [-0.25, -0.2) is 4.98 Å². The van der Waals surface area contributed by atoms with E-state index in [-0.39, 0.29) is 17.2 Å². The lowest BCUT2D eigenvalue weighted by Crippen LogP contribution is -2.15. The van der Waals surface area contributed by atoms with Crippen LogP contribution in [0.5, 0.6) is 11.5 Å². The van der Waals surface area contributed by atoms with E-state index in [2.05, 4.69) is 4.98 Å². The van der Waals surface area contributed by atoms with Crippen LogP contribution in [0.3, 0.4) is 0 Å². The van der Waals surface area contributed by atoms with Crippen molar-refractivity contribution in [3.8, 4) is 11.5 Å². The smallest absolute Gasteiger partial charge is 0.179 e. The molecule has 2 heterocycles. The van der Waals surface area contributed by atoms with Crippen molar-refractivity contribution in [2.75, 3.05) is 13.1 Å². The minimum Gasteiger partial charge on any atom is -0.486 e. The Kier molecular flexibility index (Phi) is 0.910. The average molecular weight is 169 g/mol. The highest BCUT2D eigenvalue weighted by Crippen LogP contribution is 2.28. The van der Waals surface area contributed by atoms with E-state index in [1.165, 1.54) is 6.07 Å². The minimum atomic E-state index is -2.62. The Labute approximate surface area is 74.7 Å². The first kappa shape index (κ1) is 3.89. The third kappa shape index (κ3) is 1.11. The second-order valence-electron chi connectivity index (χ2n) is 2.08. The van der Waals surface area contributed by atoms with E-state index in [0.717, 1.165) is 6.20 Å². The molecule has 1 aromatic rings. The van der Waals surface area contributed by atoms with Crippen LogP contribution in [0.15, 0.2) is 12.3 Å². The number of rotatable bonds is 1. The van der Waals surface area contributed by atoms with Crippen LogP contribution in [0, 0.1) is 0 Å². The van der Waals surface area contributed by atoms with Crippen molar-refractivity contribution in [2.45, 2.75) is 0 Å². The van der Waals surface area contributed by atoms with Gasteiger partial charge in [0, 0.05) is 6.07 Å². The van der Waals surface area contributed by atoms with E-state index in [1.54, 1.807) is 0 Å². The third-order valence-electron chi connectivity index (χ3n) is 1.34. The lowest BCUT2D eigenvalue weighted by atomic mass is 10.3. The van der Waals surface area contributed by atoms with Gasteiger partial charge in [-0.2, -0.15) is 0 Å². The monoisotopic (exact) mass is 169 g/mol. The number of pyridine rings is 1. The standard InChI is InChI=1S/C8H7NO3/c10-5-6-3-7-8(4-9-6)12-2-1-11-7/h3-5H,1-2H2/i1D2,2D2. The molecule has 0 N–H and O–H groups in total. The number of nitrogens with zero attached hydrogens (tertiary/aromatic N) is 1. The fraction of sp³-hybridized carbons (Fsp3) is 0.250. The van der Waals surface area contributed by atoms with Gasteiger partial charge in [-0.3, -0.25) is 4.79 Å². The fourth-order valence-electron chi connectivity index (χ4n) is 0.812. The van der Waals surface area contributed by atoms with Gasteiger partial charge in [-0.1, -0.05) is 0 Å². The van der Waals surface area contributed by atoms with Gasteiger partial charge in [0.2, 0.25) is 0 Å². The predicted octanol–water partition coefficient (Wildman–Crippen LogP) is 0.665. The van der Waals surface area contributed by atoms with Gasteiger partial charge in [0.15, 0.2) is 17.8 Å². The van der Waals surface area contributed by atoms with Crippen LogP contribution in [0.2, 0.25) is 0 Å². The van der Waals surface area contributed by atoms with E-state index in [0.29, 0.717) is 6.29 Å². The molecular weight excluding hydrogens is 158 g/mol. The number of carbonyl (C=O) groups is 1. The number of aldehydes is 1. The largest absolute Gasteiger partial charge is 0.486 e. The maximum absolute atomic E-state index is 10.5. The molecule has 0 aromatic carbocycles. The van der Waals surface area contributed by atoms with Crippen molar-refractivity contribution in [3.63, 3.8) is 0 Å². The first-order chi connectivity index (χ1) is 7.36. The van der Waals surface area contributed by atoms with Crippen molar-refractivity contribution >= 4 is 6.29 Å². The van der Waals surface area contributed by atoms with Gasteiger partial charge in [-0.15, -0.1) is 0 Å². The van der Waals surface area contributed by atoms with Crippen molar-refractivity contribution in [2.24, 2.45) is 0 Å². The highest BCUT2D eigenvalue weighted by Gasteiger charge is 2.11. The van der Waals surface area contributed by atoms with E-state index in [1.807, 2.05) is 0 Å². The van der Waals surface area contributed by atoms with E-state index in [9.17, 15) is 4.79 Å². The number of fused-ring (bicyclic) bond motifs is 1. The molecular formula is C8H7NO3. The van der Waals surface area contributed by atoms with Crippen molar-refractivity contribution in [1.29, 1.82) is 0 Å². The van der Waals surface area contributed by atoms with E-state index >= 15 is 0 Å². The molecule has 1 aliphatic heterocycles. The number of hydrogen-bond acceptors (Lipinski definition) is 4. The average Bonchev–Trinajstić information content (AvgIpc) is 2.18. The Morgan fingerprint density at radius 1 is 1.50 bits per heavy atom. The van der Waals surface area contributed by atoms with Crippen molar-refractivity contribution < 1.29 is 19.8 Å². The Hall–Kier alpha value is -1.58. The van der Waals surface area contributed by atoms with Gasteiger partial charge in [0.25, 0.3) is 0 Å². The van der Waals surface area contributed by atoms with E-state index in [4.69, 9.17) is 15.0 Å². The molecule has 0 amide bonds. The molecule has 2 rings (SSSR count). The van der Waals surface area contributed by atoms with Gasteiger partial charge in [0.05, 0.1) is 11.7 Å². The van der Waals surface area contributed by atoms with Gasteiger partial charge in [0.1, 0.15) is 18.8 Å². The Bertz CT molecular complexity index is 449. The quantitative estimate of drug-likeness (QED) is 0.579. The molecule has 12 heavy (non-hydrogen) atoms. The van der Waals surface area contributed by atoms with Crippen LogP contribution in [0.4, 0.5) is 0 Å². The molecule has 0 saturated heterocycles. The summed E-state index contributed by atoms with van der Waals surface area (Å²) in [7, 11) is 0. The summed E-state index contributed by atoms with van der Waals surface area (Å²) in [6, 6.07) is 1.19.